The van der Waals surface area contributed by atoms with E-state index >= 15 is 0 Å². The van der Waals surface area contributed by atoms with Crippen LogP contribution in [0.4, 0.5) is 4.39 Å². The molecule has 0 spiro atoms. The van der Waals surface area contributed by atoms with Gasteiger partial charge in [0, 0.05) is 18.8 Å². The number of ether oxygens (including phenoxy) is 1. The fourth-order valence-corrected chi connectivity index (χ4v) is 2.59. The van der Waals surface area contributed by atoms with Gasteiger partial charge in [-0.25, -0.2) is 4.39 Å². The van der Waals surface area contributed by atoms with Crippen molar-refractivity contribution in [1.29, 1.82) is 0 Å². The van der Waals surface area contributed by atoms with Gasteiger partial charge in [0.1, 0.15) is 5.83 Å². The van der Waals surface area contributed by atoms with E-state index in [1.165, 1.54) is 12.3 Å². The van der Waals surface area contributed by atoms with Crippen molar-refractivity contribution < 1.29 is 9.13 Å². The van der Waals surface area contributed by atoms with Crippen LogP contribution in [0.25, 0.3) is 5.70 Å². The van der Waals surface area contributed by atoms with Gasteiger partial charge >= 0.3 is 0 Å². The fourth-order valence-electron chi connectivity index (χ4n) is 2.59. The van der Waals surface area contributed by atoms with Crippen molar-refractivity contribution in [2.75, 3.05) is 13.7 Å². The minimum Gasteiger partial charge on any atom is -0.371 e. The van der Waals surface area contributed by atoms with Gasteiger partial charge in [-0.15, -0.1) is 0 Å². The zero-order valence-electron chi connectivity index (χ0n) is 14.4. The van der Waals surface area contributed by atoms with Crippen molar-refractivity contribution in [2.45, 2.75) is 33.4 Å². The maximum absolute atomic E-state index is 13.5. The van der Waals surface area contributed by atoms with Gasteiger partial charge in [-0.05, 0) is 38.5 Å². The molecule has 0 aromatic carbocycles. The first kappa shape index (κ1) is 18.0. The minimum absolute atomic E-state index is 0.112. The largest absolute Gasteiger partial charge is 0.371 e. The van der Waals surface area contributed by atoms with Crippen LogP contribution in [0.1, 0.15) is 36.7 Å². The van der Waals surface area contributed by atoms with Gasteiger partial charge in [-0.3, -0.25) is 19.3 Å². The second kappa shape index (κ2) is 7.97. The van der Waals surface area contributed by atoms with Gasteiger partial charge in [0.15, 0.2) is 0 Å². The summed E-state index contributed by atoms with van der Waals surface area (Å²) < 4.78 is 20.7. The lowest BCUT2D eigenvalue weighted by Crippen LogP contribution is -2.28. The number of fused-ring (bicyclic) bond motifs is 1. The Labute approximate surface area is 140 Å². The topological polar surface area (TPSA) is 56.0 Å². The molecule has 0 radical (unpaired) electrons. The molecule has 1 unspecified atom stereocenters. The number of rotatable bonds is 2. The van der Waals surface area contributed by atoms with Crippen LogP contribution >= 0.6 is 0 Å². The highest BCUT2D eigenvalue weighted by Crippen LogP contribution is 2.24. The van der Waals surface area contributed by atoms with Crippen molar-refractivity contribution in [3.05, 3.63) is 51.2 Å². The second-order valence-corrected chi connectivity index (χ2v) is 5.53. The van der Waals surface area contributed by atoms with Crippen LogP contribution in [0.15, 0.2) is 38.8 Å². The summed E-state index contributed by atoms with van der Waals surface area (Å²) in [5.74, 6) is -0.428. The number of hydrogen-bond acceptors (Lipinski definition) is 4. The lowest BCUT2D eigenvalue weighted by Gasteiger charge is -2.21. The molecule has 1 aliphatic rings. The lowest BCUT2D eigenvalue weighted by atomic mass is 10.0. The third-order valence-electron chi connectivity index (χ3n) is 3.84. The van der Waals surface area contributed by atoms with E-state index in [0.717, 1.165) is 5.56 Å². The summed E-state index contributed by atoms with van der Waals surface area (Å²) in [6.45, 7) is 5.76. The molecule has 2 rings (SSSR count). The van der Waals surface area contributed by atoms with E-state index in [1.54, 1.807) is 30.8 Å². The van der Waals surface area contributed by atoms with Gasteiger partial charge in [-0.2, -0.15) is 0 Å². The number of aryl methyl sites for hydroxylation is 1. The number of aliphatic imine (C=N–C) groups is 2. The minimum atomic E-state index is -0.428. The molecule has 1 aliphatic heterocycles. The first-order valence-corrected chi connectivity index (χ1v) is 7.80. The van der Waals surface area contributed by atoms with Gasteiger partial charge in [0.05, 0.1) is 36.9 Å². The third-order valence-corrected chi connectivity index (χ3v) is 3.84. The van der Waals surface area contributed by atoms with Crippen LogP contribution in [0, 0.1) is 6.92 Å². The number of pyridine rings is 1. The highest BCUT2D eigenvalue weighted by molar-refractivity contribution is 6.02. The Balaban J connectivity index is 2.73. The smallest absolute Gasteiger partial charge is 0.258 e. The molecule has 5 nitrogen and oxygen atoms in total. The molecule has 0 fully saturated rings. The Morgan fingerprint density at radius 3 is 2.96 bits per heavy atom. The molecule has 0 N–H and O–H groups in total. The molecule has 1 aromatic rings. The highest BCUT2D eigenvalue weighted by Gasteiger charge is 2.19. The summed E-state index contributed by atoms with van der Waals surface area (Å²) in [7, 11) is 1.65. The molecule has 0 saturated carbocycles. The first-order chi connectivity index (χ1) is 11.5. The van der Waals surface area contributed by atoms with Gasteiger partial charge in [0.2, 0.25) is 0 Å². The average molecular weight is 331 g/mol. The van der Waals surface area contributed by atoms with E-state index < -0.39 is 5.83 Å². The molecule has 24 heavy (non-hydrogen) atoms. The van der Waals surface area contributed by atoms with Crippen LogP contribution < -0.4 is 5.56 Å². The quantitative estimate of drug-likeness (QED) is 0.781. The number of allylic oxidation sites excluding steroid dienone is 3. The van der Waals surface area contributed by atoms with Crippen LogP contribution in [0.2, 0.25) is 0 Å². The SMILES string of the molecule is C/C=C(\C=NC)n1c2c(cc(C)c1=O)C(C)N=C/C(F)=C\COC2. The molecular formula is C18H22FN3O2. The highest BCUT2D eigenvalue weighted by atomic mass is 19.1. The molecule has 0 saturated heterocycles. The lowest BCUT2D eigenvalue weighted by molar-refractivity contribution is 0.142. The molecule has 0 bridgehead atoms. The second-order valence-electron chi connectivity index (χ2n) is 5.53. The summed E-state index contributed by atoms with van der Waals surface area (Å²) in [6, 6.07) is 1.50. The number of halogens is 1. The Morgan fingerprint density at radius 1 is 1.54 bits per heavy atom. The van der Waals surface area contributed by atoms with E-state index in [9.17, 15) is 9.18 Å². The summed E-state index contributed by atoms with van der Waals surface area (Å²) in [4.78, 5) is 21.0. The third kappa shape index (κ3) is 3.76. The summed E-state index contributed by atoms with van der Waals surface area (Å²) in [5.41, 5.74) is 2.68. The predicted molar refractivity (Wildman–Crippen MR) is 95.6 cm³/mol. The van der Waals surface area contributed by atoms with Gasteiger partial charge < -0.3 is 4.74 Å². The standard InChI is InChI=1S/C18H22FN3O2/c1-5-15(10-20-4)22-17-11-24-7-6-14(19)9-21-13(3)16(17)8-12(2)18(22)23/h5-6,8-10,13H,7,11H2,1-4H3/b14-6+,15-5+,20-10?,21-9?. The van der Waals surface area contributed by atoms with Crippen molar-refractivity contribution in [3.63, 3.8) is 0 Å². The van der Waals surface area contributed by atoms with E-state index in [1.807, 2.05) is 19.9 Å². The maximum atomic E-state index is 13.5. The van der Waals surface area contributed by atoms with Gasteiger partial charge in [-0.1, -0.05) is 6.08 Å². The predicted octanol–water partition coefficient (Wildman–Crippen LogP) is 3.23. The Hall–Kier alpha value is -2.34. The summed E-state index contributed by atoms with van der Waals surface area (Å²) in [5, 5.41) is 0. The Morgan fingerprint density at radius 2 is 2.29 bits per heavy atom. The molecule has 6 heteroatoms. The molecular weight excluding hydrogens is 309 g/mol. The number of aromatic nitrogens is 1. The monoisotopic (exact) mass is 331 g/mol. The summed E-state index contributed by atoms with van der Waals surface area (Å²) in [6.07, 6.45) is 5.97. The molecule has 1 aromatic heterocycles. The van der Waals surface area contributed by atoms with Crippen molar-refractivity contribution >= 4 is 18.1 Å². The van der Waals surface area contributed by atoms with E-state index in [2.05, 4.69) is 9.98 Å². The first-order valence-electron chi connectivity index (χ1n) is 7.80. The van der Waals surface area contributed by atoms with E-state index in [0.29, 0.717) is 17.0 Å². The van der Waals surface area contributed by atoms with E-state index in [-0.39, 0.29) is 24.8 Å². The Kier molecular flexibility index (Phi) is 5.98. The normalized spacial score (nSPS) is 21.5. The molecule has 128 valence electrons. The van der Waals surface area contributed by atoms with Crippen molar-refractivity contribution in [2.24, 2.45) is 9.98 Å². The molecule has 1 atom stereocenters. The van der Waals surface area contributed by atoms with E-state index in [4.69, 9.17) is 4.74 Å². The molecule has 0 amide bonds. The molecule has 0 aliphatic carbocycles. The van der Waals surface area contributed by atoms with Gasteiger partial charge in [0.25, 0.3) is 5.56 Å². The molecule has 2 heterocycles. The van der Waals surface area contributed by atoms with Crippen molar-refractivity contribution in [1.82, 2.24) is 4.57 Å². The number of nitrogens with zero attached hydrogens (tertiary/aromatic N) is 3. The number of hydrogen-bond donors (Lipinski definition) is 0. The van der Waals surface area contributed by atoms with Crippen LogP contribution in [-0.4, -0.2) is 30.7 Å². The summed E-state index contributed by atoms with van der Waals surface area (Å²) >= 11 is 0. The van der Waals surface area contributed by atoms with Crippen LogP contribution in [0.3, 0.4) is 0 Å². The van der Waals surface area contributed by atoms with Crippen LogP contribution in [-0.2, 0) is 11.3 Å². The zero-order chi connectivity index (χ0) is 17.7. The maximum Gasteiger partial charge on any atom is 0.258 e. The fraction of sp³-hybridized carbons (Fsp3) is 0.389. The Bertz CT molecular complexity index is 788. The zero-order valence-corrected chi connectivity index (χ0v) is 14.4. The van der Waals surface area contributed by atoms with Crippen molar-refractivity contribution in [3.8, 4) is 0 Å². The van der Waals surface area contributed by atoms with Crippen LogP contribution in [0.5, 0.6) is 0 Å². The average Bonchev–Trinajstić information content (AvgIpc) is 2.57.